The summed E-state index contributed by atoms with van der Waals surface area (Å²) in [5.41, 5.74) is 12.0. The molecule has 8 rings (SSSR count). The van der Waals surface area contributed by atoms with Gasteiger partial charge in [0.25, 0.3) is 0 Å². The average Bonchev–Trinajstić information content (AvgIpc) is 3.52. The first-order chi connectivity index (χ1) is 22.4. The Labute approximate surface area is 268 Å². The van der Waals surface area contributed by atoms with Crippen LogP contribution in [0.4, 0.5) is 0 Å². The van der Waals surface area contributed by atoms with Crippen LogP contribution in [0.1, 0.15) is 0 Å². The second kappa shape index (κ2) is 11.9. The fourth-order valence-corrected chi connectivity index (χ4v) is 8.69. The summed E-state index contributed by atoms with van der Waals surface area (Å²) < 4.78 is 2.57. The van der Waals surface area contributed by atoms with Gasteiger partial charge in [0, 0.05) is 0 Å². The maximum absolute atomic E-state index is 4.92. The SMILES string of the molecule is c1ccc(-c2ccccc2-c2c(-c3ccccc3)nnnc2-c2[se]c3ccccc3c2-c2ccccc2-c2ccccc2)cc1. The van der Waals surface area contributed by atoms with Crippen LogP contribution in [0.2, 0.25) is 0 Å². The van der Waals surface area contributed by atoms with Crippen LogP contribution in [0.15, 0.2) is 164 Å². The fourth-order valence-electron chi connectivity index (χ4n) is 6.16. The molecule has 2 heterocycles. The molecule has 0 fully saturated rings. The van der Waals surface area contributed by atoms with Crippen LogP contribution in [-0.4, -0.2) is 29.9 Å². The molecule has 0 atom stereocenters. The number of hydrogen-bond acceptors (Lipinski definition) is 3. The van der Waals surface area contributed by atoms with Crippen LogP contribution in [0.3, 0.4) is 0 Å². The van der Waals surface area contributed by atoms with E-state index in [4.69, 9.17) is 10.2 Å². The maximum atomic E-state index is 4.92. The minimum atomic E-state index is -0.00381. The molecule has 0 saturated carbocycles. The van der Waals surface area contributed by atoms with Crippen molar-refractivity contribution in [3.8, 4) is 65.9 Å². The zero-order valence-electron chi connectivity index (χ0n) is 24.3. The van der Waals surface area contributed by atoms with E-state index in [1.807, 2.05) is 6.07 Å². The summed E-state index contributed by atoms with van der Waals surface area (Å²) >= 11 is -0.00381. The molecule has 0 spiro atoms. The predicted octanol–water partition coefficient (Wildman–Crippen LogP) is 10.1. The van der Waals surface area contributed by atoms with E-state index in [-0.39, 0.29) is 14.5 Å². The van der Waals surface area contributed by atoms with Crippen LogP contribution in [0.5, 0.6) is 0 Å². The van der Waals surface area contributed by atoms with Gasteiger partial charge in [-0.05, 0) is 0 Å². The first kappa shape index (κ1) is 27.2. The molecule has 45 heavy (non-hydrogen) atoms. The molecule has 212 valence electrons. The Morgan fingerprint density at radius 2 is 0.800 bits per heavy atom. The van der Waals surface area contributed by atoms with E-state index in [1.54, 1.807) is 0 Å². The van der Waals surface area contributed by atoms with Gasteiger partial charge in [-0.25, -0.2) is 0 Å². The number of aromatic nitrogens is 3. The van der Waals surface area contributed by atoms with E-state index in [2.05, 4.69) is 163 Å². The summed E-state index contributed by atoms with van der Waals surface area (Å²) in [5.74, 6) is 0. The van der Waals surface area contributed by atoms with E-state index in [1.165, 1.54) is 36.3 Å². The third-order valence-corrected chi connectivity index (χ3v) is 10.7. The monoisotopic (exact) mass is 641 g/mol. The van der Waals surface area contributed by atoms with Gasteiger partial charge in [-0.2, -0.15) is 0 Å². The Bertz CT molecular complexity index is 2260. The number of benzene rings is 6. The Morgan fingerprint density at radius 3 is 1.40 bits per heavy atom. The standard InChI is InChI=1S/C41H27N3Se/c1-4-16-28(17-5-1)31-22-10-12-24-33(31)37-35-26-14-15-27-36(35)45-41(37)40-38(39(42-44-43-40)30-20-8-3-9-21-30)34-25-13-11-23-32(34)29-18-6-2-7-19-29/h1-27H. The molecule has 0 N–H and O–H groups in total. The van der Waals surface area contributed by atoms with Gasteiger partial charge in [0.05, 0.1) is 0 Å². The molecule has 4 heteroatoms. The number of rotatable bonds is 6. The summed E-state index contributed by atoms with van der Waals surface area (Å²) in [6.45, 7) is 0. The fraction of sp³-hybridized carbons (Fsp3) is 0. The molecule has 3 nitrogen and oxygen atoms in total. The Hall–Kier alpha value is -5.41. The van der Waals surface area contributed by atoms with Gasteiger partial charge in [0.1, 0.15) is 0 Å². The van der Waals surface area contributed by atoms with Crippen molar-refractivity contribution in [3.63, 3.8) is 0 Å². The molecule has 0 aliphatic carbocycles. The molecule has 8 aromatic rings. The van der Waals surface area contributed by atoms with E-state index < -0.39 is 0 Å². The zero-order valence-corrected chi connectivity index (χ0v) is 26.1. The number of nitrogens with zero attached hydrogens (tertiary/aromatic N) is 3. The molecule has 0 saturated heterocycles. The molecule has 0 aliphatic heterocycles. The van der Waals surface area contributed by atoms with Crippen molar-refractivity contribution < 1.29 is 0 Å². The quantitative estimate of drug-likeness (QED) is 0.170. The molecular weight excluding hydrogens is 613 g/mol. The molecule has 0 bridgehead atoms. The van der Waals surface area contributed by atoms with Crippen LogP contribution in [-0.2, 0) is 0 Å². The molecule has 0 aliphatic rings. The van der Waals surface area contributed by atoms with Crippen molar-refractivity contribution in [2.45, 2.75) is 0 Å². The summed E-state index contributed by atoms with van der Waals surface area (Å²) in [6.07, 6.45) is 0. The summed E-state index contributed by atoms with van der Waals surface area (Å²) in [4.78, 5) is 0. The molecule has 2 aromatic heterocycles. The average molecular weight is 641 g/mol. The van der Waals surface area contributed by atoms with Crippen molar-refractivity contribution in [3.05, 3.63) is 164 Å². The second-order valence-corrected chi connectivity index (χ2v) is 13.1. The minimum absolute atomic E-state index is 0.00381. The summed E-state index contributed by atoms with van der Waals surface area (Å²) in [5, 5.41) is 15.3. The Balaban J connectivity index is 1.48. The molecule has 0 unspecified atom stereocenters. The van der Waals surface area contributed by atoms with E-state index in [0.717, 1.165) is 39.2 Å². The van der Waals surface area contributed by atoms with Gasteiger partial charge in [-0.3, -0.25) is 0 Å². The second-order valence-electron chi connectivity index (χ2n) is 10.9. The predicted molar refractivity (Wildman–Crippen MR) is 187 cm³/mol. The number of fused-ring (bicyclic) bond motifs is 1. The van der Waals surface area contributed by atoms with Gasteiger partial charge in [0.2, 0.25) is 0 Å². The number of hydrogen-bond donors (Lipinski definition) is 0. The first-order valence-corrected chi connectivity index (χ1v) is 16.7. The van der Waals surface area contributed by atoms with Gasteiger partial charge in [0.15, 0.2) is 0 Å². The van der Waals surface area contributed by atoms with Gasteiger partial charge < -0.3 is 0 Å². The van der Waals surface area contributed by atoms with Gasteiger partial charge in [-0.15, -0.1) is 0 Å². The molecular formula is C41H27N3Se. The molecule has 6 aromatic carbocycles. The Kier molecular flexibility index (Phi) is 7.20. The van der Waals surface area contributed by atoms with Gasteiger partial charge in [-0.1, -0.05) is 0 Å². The zero-order chi connectivity index (χ0) is 30.0. The van der Waals surface area contributed by atoms with Crippen LogP contribution < -0.4 is 0 Å². The third-order valence-electron chi connectivity index (χ3n) is 8.18. The topological polar surface area (TPSA) is 38.7 Å². The van der Waals surface area contributed by atoms with Crippen molar-refractivity contribution in [1.82, 2.24) is 15.4 Å². The third kappa shape index (κ3) is 5.01. The van der Waals surface area contributed by atoms with Gasteiger partial charge >= 0.3 is 269 Å². The Morgan fingerprint density at radius 1 is 0.356 bits per heavy atom. The van der Waals surface area contributed by atoms with Crippen LogP contribution >= 0.6 is 0 Å². The summed E-state index contributed by atoms with van der Waals surface area (Å²) in [7, 11) is 0. The van der Waals surface area contributed by atoms with Crippen LogP contribution in [0, 0.1) is 0 Å². The molecule has 0 amide bonds. The molecule has 0 radical (unpaired) electrons. The van der Waals surface area contributed by atoms with Crippen molar-refractivity contribution in [2.24, 2.45) is 0 Å². The van der Waals surface area contributed by atoms with Crippen LogP contribution in [0.25, 0.3) is 75.5 Å². The summed E-state index contributed by atoms with van der Waals surface area (Å²) in [6, 6.07) is 57.7. The van der Waals surface area contributed by atoms with Crippen molar-refractivity contribution in [1.29, 1.82) is 0 Å². The van der Waals surface area contributed by atoms with E-state index in [9.17, 15) is 0 Å². The van der Waals surface area contributed by atoms with Crippen molar-refractivity contribution >= 4 is 24.1 Å². The normalized spacial score (nSPS) is 11.1. The first-order valence-electron chi connectivity index (χ1n) is 15.0. The van der Waals surface area contributed by atoms with E-state index in [0.29, 0.717) is 0 Å². The van der Waals surface area contributed by atoms with Crippen molar-refractivity contribution in [2.75, 3.05) is 0 Å². The van der Waals surface area contributed by atoms with E-state index >= 15 is 0 Å².